The molecule has 150 valence electrons. The van der Waals surface area contributed by atoms with Gasteiger partial charge in [0.25, 0.3) is 5.91 Å². The van der Waals surface area contributed by atoms with E-state index < -0.39 is 5.97 Å². The van der Waals surface area contributed by atoms with Crippen LogP contribution in [0.3, 0.4) is 0 Å². The normalized spacial score (nSPS) is 11.7. The molecule has 1 heterocycles. The molecule has 2 aromatic carbocycles. The van der Waals surface area contributed by atoms with Gasteiger partial charge in [-0.15, -0.1) is 0 Å². The van der Waals surface area contributed by atoms with E-state index in [0.29, 0.717) is 11.5 Å². The number of benzene rings is 2. The molecule has 3 aromatic rings. The standard InChI is InChI=1S/C23H24N2O4/c1-16(13-14-18-9-5-3-6-10-18)24-20(26)15-28-23(27)21-17(2)29-25-22(21)19-11-7-4-8-12-19/h3-12,16H,13-15H2,1-2H3,(H,24,26)/t16-/m1/s1. The predicted octanol–water partition coefficient (Wildman–Crippen LogP) is 3.94. The fourth-order valence-electron chi connectivity index (χ4n) is 3.03. The van der Waals surface area contributed by atoms with Crippen molar-refractivity contribution in [2.24, 2.45) is 0 Å². The van der Waals surface area contributed by atoms with Gasteiger partial charge in [0.1, 0.15) is 17.0 Å². The number of carbonyl (C=O) groups excluding carboxylic acids is 2. The van der Waals surface area contributed by atoms with Crippen LogP contribution in [0.2, 0.25) is 0 Å². The fraction of sp³-hybridized carbons (Fsp3) is 0.261. The number of carbonyl (C=O) groups is 2. The number of hydrogen-bond donors (Lipinski definition) is 1. The Balaban J connectivity index is 1.52. The zero-order valence-electron chi connectivity index (χ0n) is 16.6. The first-order valence-electron chi connectivity index (χ1n) is 9.56. The lowest BCUT2D eigenvalue weighted by atomic mass is 10.1. The van der Waals surface area contributed by atoms with Crippen molar-refractivity contribution in [1.82, 2.24) is 10.5 Å². The Morgan fingerprint density at radius 3 is 2.41 bits per heavy atom. The summed E-state index contributed by atoms with van der Waals surface area (Å²) in [5, 5.41) is 6.82. The Morgan fingerprint density at radius 2 is 1.72 bits per heavy atom. The molecule has 0 unspecified atom stereocenters. The van der Waals surface area contributed by atoms with Gasteiger partial charge in [-0.25, -0.2) is 4.79 Å². The first kappa shape index (κ1) is 20.3. The SMILES string of the molecule is Cc1onc(-c2ccccc2)c1C(=O)OCC(=O)N[C@H](C)CCc1ccccc1. The van der Waals surface area contributed by atoms with Crippen molar-refractivity contribution < 1.29 is 18.8 Å². The lowest BCUT2D eigenvalue weighted by molar-refractivity contribution is -0.124. The van der Waals surface area contributed by atoms with Gasteiger partial charge < -0.3 is 14.6 Å². The number of rotatable bonds is 8. The van der Waals surface area contributed by atoms with Crippen molar-refractivity contribution in [3.05, 3.63) is 77.6 Å². The highest BCUT2D eigenvalue weighted by molar-refractivity contribution is 5.98. The molecule has 6 heteroatoms. The van der Waals surface area contributed by atoms with Gasteiger partial charge in [-0.1, -0.05) is 65.8 Å². The van der Waals surface area contributed by atoms with E-state index in [0.717, 1.165) is 18.4 Å². The van der Waals surface area contributed by atoms with Crippen molar-refractivity contribution in [2.75, 3.05) is 6.61 Å². The van der Waals surface area contributed by atoms with Crippen LogP contribution < -0.4 is 5.32 Å². The van der Waals surface area contributed by atoms with E-state index in [4.69, 9.17) is 9.26 Å². The van der Waals surface area contributed by atoms with Gasteiger partial charge in [0.2, 0.25) is 0 Å². The second-order valence-corrected chi connectivity index (χ2v) is 6.90. The number of nitrogens with one attached hydrogen (secondary N) is 1. The first-order valence-corrected chi connectivity index (χ1v) is 9.56. The van der Waals surface area contributed by atoms with Gasteiger partial charge in [-0.3, -0.25) is 4.79 Å². The van der Waals surface area contributed by atoms with Crippen LogP contribution in [-0.2, 0) is 16.0 Å². The minimum atomic E-state index is -0.630. The van der Waals surface area contributed by atoms with Crippen LogP contribution in [0.25, 0.3) is 11.3 Å². The molecule has 1 N–H and O–H groups in total. The van der Waals surface area contributed by atoms with Crippen molar-refractivity contribution in [1.29, 1.82) is 0 Å². The van der Waals surface area contributed by atoms with Gasteiger partial charge in [0, 0.05) is 11.6 Å². The summed E-state index contributed by atoms with van der Waals surface area (Å²) in [6, 6.07) is 19.3. The summed E-state index contributed by atoms with van der Waals surface area (Å²) in [5.41, 5.74) is 2.61. The molecule has 29 heavy (non-hydrogen) atoms. The van der Waals surface area contributed by atoms with E-state index in [1.54, 1.807) is 6.92 Å². The molecule has 1 atom stereocenters. The summed E-state index contributed by atoms with van der Waals surface area (Å²) in [4.78, 5) is 24.7. The van der Waals surface area contributed by atoms with E-state index in [1.807, 2.05) is 55.5 Å². The average Bonchev–Trinajstić information content (AvgIpc) is 3.13. The van der Waals surface area contributed by atoms with Gasteiger partial charge >= 0.3 is 5.97 Å². The van der Waals surface area contributed by atoms with E-state index in [9.17, 15) is 9.59 Å². The quantitative estimate of drug-likeness (QED) is 0.587. The van der Waals surface area contributed by atoms with E-state index in [2.05, 4.69) is 22.6 Å². The van der Waals surface area contributed by atoms with Gasteiger partial charge in [-0.2, -0.15) is 0 Å². The Labute approximate surface area is 169 Å². The van der Waals surface area contributed by atoms with E-state index in [-0.39, 0.29) is 24.1 Å². The third-order valence-corrected chi connectivity index (χ3v) is 4.56. The Hall–Kier alpha value is -3.41. The third-order valence-electron chi connectivity index (χ3n) is 4.56. The Kier molecular flexibility index (Phi) is 6.79. The monoisotopic (exact) mass is 392 g/mol. The van der Waals surface area contributed by atoms with Gasteiger partial charge in [0.05, 0.1) is 0 Å². The van der Waals surface area contributed by atoms with Gasteiger partial charge in [0.15, 0.2) is 6.61 Å². The largest absolute Gasteiger partial charge is 0.452 e. The van der Waals surface area contributed by atoms with Crippen LogP contribution >= 0.6 is 0 Å². The third kappa shape index (κ3) is 5.54. The number of amides is 1. The van der Waals surface area contributed by atoms with Crippen molar-refractivity contribution >= 4 is 11.9 Å². The van der Waals surface area contributed by atoms with Crippen LogP contribution in [0, 0.1) is 6.92 Å². The Bertz CT molecular complexity index is 952. The second-order valence-electron chi connectivity index (χ2n) is 6.90. The number of aromatic nitrogens is 1. The molecule has 0 aliphatic rings. The molecule has 1 amide bonds. The number of ether oxygens (including phenoxy) is 1. The predicted molar refractivity (Wildman–Crippen MR) is 109 cm³/mol. The van der Waals surface area contributed by atoms with Crippen LogP contribution in [0.5, 0.6) is 0 Å². The minimum absolute atomic E-state index is 0.0291. The topological polar surface area (TPSA) is 81.4 Å². The van der Waals surface area contributed by atoms with Crippen molar-refractivity contribution in [3.8, 4) is 11.3 Å². The molecule has 0 aliphatic heterocycles. The number of nitrogens with zero attached hydrogens (tertiary/aromatic N) is 1. The first-order chi connectivity index (χ1) is 14.0. The highest BCUT2D eigenvalue weighted by Gasteiger charge is 2.23. The van der Waals surface area contributed by atoms with Crippen molar-refractivity contribution in [2.45, 2.75) is 32.7 Å². The molecule has 0 aliphatic carbocycles. The maximum atomic E-state index is 12.5. The minimum Gasteiger partial charge on any atom is -0.452 e. The van der Waals surface area contributed by atoms with E-state index >= 15 is 0 Å². The maximum absolute atomic E-state index is 12.5. The fourth-order valence-corrected chi connectivity index (χ4v) is 3.03. The maximum Gasteiger partial charge on any atom is 0.344 e. The van der Waals surface area contributed by atoms with Crippen LogP contribution in [0.4, 0.5) is 0 Å². The van der Waals surface area contributed by atoms with Crippen LogP contribution in [0.1, 0.15) is 35.0 Å². The molecule has 0 spiro atoms. The summed E-state index contributed by atoms with van der Waals surface area (Å²) in [6.45, 7) is 3.22. The summed E-state index contributed by atoms with van der Waals surface area (Å²) in [6.07, 6.45) is 1.66. The second kappa shape index (κ2) is 9.68. The Morgan fingerprint density at radius 1 is 1.07 bits per heavy atom. The molecule has 0 radical (unpaired) electrons. The smallest absolute Gasteiger partial charge is 0.344 e. The van der Waals surface area contributed by atoms with Crippen molar-refractivity contribution in [3.63, 3.8) is 0 Å². The highest BCUT2D eigenvalue weighted by atomic mass is 16.5. The molecule has 0 fully saturated rings. The molecule has 0 bridgehead atoms. The molecular formula is C23H24N2O4. The summed E-state index contributed by atoms with van der Waals surface area (Å²) >= 11 is 0. The van der Waals surface area contributed by atoms with Crippen LogP contribution in [-0.4, -0.2) is 29.7 Å². The molecule has 1 aromatic heterocycles. The molecule has 0 saturated carbocycles. The zero-order valence-corrected chi connectivity index (χ0v) is 16.6. The lowest BCUT2D eigenvalue weighted by Gasteiger charge is -2.14. The molecular weight excluding hydrogens is 368 g/mol. The van der Waals surface area contributed by atoms with Crippen LogP contribution in [0.15, 0.2) is 65.2 Å². The highest BCUT2D eigenvalue weighted by Crippen LogP contribution is 2.25. The lowest BCUT2D eigenvalue weighted by Crippen LogP contribution is -2.36. The number of aryl methyl sites for hydroxylation is 2. The summed E-state index contributed by atoms with van der Waals surface area (Å²) < 4.78 is 10.4. The number of esters is 1. The summed E-state index contributed by atoms with van der Waals surface area (Å²) in [7, 11) is 0. The number of hydrogen-bond acceptors (Lipinski definition) is 5. The summed E-state index contributed by atoms with van der Waals surface area (Å²) in [5.74, 6) is -0.616. The zero-order chi connectivity index (χ0) is 20.6. The molecule has 0 saturated heterocycles. The molecule has 6 nitrogen and oxygen atoms in total. The van der Waals surface area contributed by atoms with Gasteiger partial charge in [-0.05, 0) is 32.3 Å². The van der Waals surface area contributed by atoms with E-state index in [1.165, 1.54) is 5.56 Å². The molecule has 3 rings (SSSR count). The average molecular weight is 392 g/mol.